The van der Waals surface area contributed by atoms with Gasteiger partial charge in [0.2, 0.25) is 0 Å². The van der Waals surface area contributed by atoms with Gasteiger partial charge in [0.15, 0.2) is 6.10 Å². The summed E-state index contributed by atoms with van der Waals surface area (Å²) in [6.45, 7) is 1.66. The number of halogens is 3. The van der Waals surface area contributed by atoms with Gasteiger partial charge in [0.05, 0.1) is 5.56 Å². The van der Waals surface area contributed by atoms with Crippen LogP contribution in [0.25, 0.3) is 0 Å². The van der Waals surface area contributed by atoms with Crippen LogP contribution in [0.15, 0.2) is 42.5 Å². The molecule has 0 bridgehead atoms. The van der Waals surface area contributed by atoms with Crippen molar-refractivity contribution >= 4 is 5.91 Å². The molecule has 0 aliphatic heterocycles. The average molecular weight is 377 g/mol. The summed E-state index contributed by atoms with van der Waals surface area (Å²) in [5.41, 5.74) is 2.08. The highest BCUT2D eigenvalue weighted by Crippen LogP contribution is 2.31. The van der Waals surface area contributed by atoms with Crippen LogP contribution in [0.1, 0.15) is 42.0 Å². The summed E-state index contributed by atoms with van der Waals surface area (Å²) < 4.78 is 44.2. The van der Waals surface area contributed by atoms with E-state index >= 15 is 0 Å². The Morgan fingerprint density at radius 3 is 2.67 bits per heavy atom. The first-order chi connectivity index (χ1) is 12.8. The third-order valence-electron chi connectivity index (χ3n) is 4.75. The molecule has 27 heavy (non-hydrogen) atoms. The summed E-state index contributed by atoms with van der Waals surface area (Å²) in [5, 5.41) is 2.65. The zero-order valence-corrected chi connectivity index (χ0v) is 15.1. The second kappa shape index (κ2) is 8.03. The number of hydrogen-bond donors (Lipinski definition) is 1. The number of amides is 1. The number of benzene rings is 2. The first kappa shape index (κ1) is 19.3. The number of fused-ring (bicyclic) bond motifs is 1. The highest BCUT2D eigenvalue weighted by Gasteiger charge is 2.30. The Bertz CT molecular complexity index is 817. The quantitative estimate of drug-likeness (QED) is 0.823. The number of carbonyl (C=O) groups is 1. The summed E-state index contributed by atoms with van der Waals surface area (Å²) in [4.78, 5) is 12.3. The van der Waals surface area contributed by atoms with Gasteiger partial charge >= 0.3 is 6.18 Å². The summed E-state index contributed by atoms with van der Waals surface area (Å²) in [7, 11) is 0. The van der Waals surface area contributed by atoms with E-state index in [9.17, 15) is 18.0 Å². The topological polar surface area (TPSA) is 38.3 Å². The van der Waals surface area contributed by atoms with Gasteiger partial charge in [0, 0.05) is 6.54 Å². The van der Waals surface area contributed by atoms with Crippen LogP contribution in [-0.4, -0.2) is 12.0 Å². The van der Waals surface area contributed by atoms with Crippen LogP contribution < -0.4 is 10.1 Å². The molecule has 0 spiro atoms. The van der Waals surface area contributed by atoms with Gasteiger partial charge in [0.25, 0.3) is 5.91 Å². The molecule has 2 aromatic rings. The lowest BCUT2D eigenvalue weighted by Gasteiger charge is -2.22. The number of nitrogens with one attached hydrogen (secondary N) is 1. The van der Waals surface area contributed by atoms with E-state index in [1.165, 1.54) is 11.6 Å². The first-order valence-corrected chi connectivity index (χ1v) is 9.06. The van der Waals surface area contributed by atoms with Gasteiger partial charge in [-0.1, -0.05) is 24.3 Å². The second-order valence-electron chi connectivity index (χ2n) is 6.78. The molecule has 1 aliphatic carbocycles. The fourth-order valence-corrected chi connectivity index (χ4v) is 3.29. The van der Waals surface area contributed by atoms with Crippen molar-refractivity contribution in [2.75, 3.05) is 0 Å². The third kappa shape index (κ3) is 4.81. The molecule has 144 valence electrons. The maximum atomic E-state index is 12.8. The Balaban J connectivity index is 1.61. The molecule has 2 aromatic carbocycles. The summed E-state index contributed by atoms with van der Waals surface area (Å²) in [5.74, 6) is 0.356. The van der Waals surface area contributed by atoms with E-state index in [0.29, 0.717) is 11.3 Å². The average Bonchev–Trinajstić information content (AvgIpc) is 2.66. The molecule has 1 aliphatic rings. The van der Waals surface area contributed by atoms with Crippen LogP contribution in [0.3, 0.4) is 0 Å². The van der Waals surface area contributed by atoms with Crippen LogP contribution in [0.4, 0.5) is 13.2 Å². The third-order valence-corrected chi connectivity index (χ3v) is 4.75. The molecule has 0 saturated carbocycles. The molecular weight excluding hydrogens is 355 g/mol. The largest absolute Gasteiger partial charge is 0.481 e. The summed E-state index contributed by atoms with van der Waals surface area (Å²) in [6, 6.07) is 10.8. The number of alkyl halides is 3. The van der Waals surface area contributed by atoms with Gasteiger partial charge in [-0.2, -0.15) is 13.2 Å². The van der Waals surface area contributed by atoms with E-state index in [2.05, 4.69) is 11.4 Å². The maximum absolute atomic E-state index is 12.8. The van der Waals surface area contributed by atoms with Gasteiger partial charge in [0.1, 0.15) is 5.75 Å². The Hall–Kier alpha value is -2.50. The van der Waals surface area contributed by atoms with Gasteiger partial charge < -0.3 is 10.1 Å². The Kier molecular flexibility index (Phi) is 5.73. The molecule has 0 unspecified atom stereocenters. The second-order valence-corrected chi connectivity index (χ2v) is 6.78. The molecule has 1 atom stereocenters. The van der Waals surface area contributed by atoms with Crippen LogP contribution in [0, 0.1) is 0 Å². The van der Waals surface area contributed by atoms with E-state index in [0.717, 1.165) is 43.4 Å². The molecule has 3 nitrogen and oxygen atoms in total. The summed E-state index contributed by atoms with van der Waals surface area (Å²) >= 11 is 0. The van der Waals surface area contributed by atoms with Crippen molar-refractivity contribution in [3.63, 3.8) is 0 Å². The van der Waals surface area contributed by atoms with Gasteiger partial charge in [-0.25, -0.2) is 0 Å². The van der Waals surface area contributed by atoms with Crippen molar-refractivity contribution < 1.29 is 22.7 Å². The lowest BCUT2D eigenvalue weighted by atomic mass is 9.91. The number of carbonyl (C=O) groups excluding carboxylic acids is 1. The fraction of sp³-hybridized carbons (Fsp3) is 0.381. The minimum atomic E-state index is -4.40. The lowest BCUT2D eigenvalue weighted by Crippen LogP contribution is -2.36. The molecule has 1 amide bonds. The minimum Gasteiger partial charge on any atom is -0.481 e. The molecule has 3 rings (SSSR count). The lowest BCUT2D eigenvalue weighted by molar-refractivity contribution is -0.137. The fourth-order valence-electron chi connectivity index (χ4n) is 3.29. The molecule has 0 aromatic heterocycles. The van der Waals surface area contributed by atoms with Crippen molar-refractivity contribution in [1.82, 2.24) is 5.32 Å². The monoisotopic (exact) mass is 377 g/mol. The van der Waals surface area contributed by atoms with Crippen molar-refractivity contribution in [2.45, 2.75) is 51.4 Å². The SMILES string of the molecule is C[C@@H](Oc1cccc2c1CCCC2)C(=O)NCc1cccc(C(F)(F)F)c1. The van der Waals surface area contributed by atoms with E-state index in [1.54, 1.807) is 13.0 Å². The van der Waals surface area contributed by atoms with Crippen LogP contribution >= 0.6 is 0 Å². The minimum absolute atomic E-state index is 0.0172. The van der Waals surface area contributed by atoms with Gasteiger partial charge in [-0.15, -0.1) is 0 Å². The molecule has 6 heteroatoms. The van der Waals surface area contributed by atoms with Crippen molar-refractivity contribution in [3.8, 4) is 5.75 Å². The van der Waals surface area contributed by atoms with Crippen molar-refractivity contribution in [1.29, 1.82) is 0 Å². The first-order valence-electron chi connectivity index (χ1n) is 9.06. The Morgan fingerprint density at radius 1 is 1.15 bits per heavy atom. The van der Waals surface area contributed by atoms with E-state index in [4.69, 9.17) is 4.74 Å². The molecule has 0 radical (unpaired) electrons. The Labute approximate surface area is 156 Å². The zero-order chi connectivity index (χ0) is 19.4. The van der Waals surface area contributed by atoms with Gasteiger partial charge in [-0.3, -0.25) is 4.79 Å². The predicted octanol–water partition coefficient (Wildman–Crippen LogP) is 4.67. The van der Waals surface area contributed by atoms with Crippen molar-refractivity contribution in [2.24, 2.45) is 0 Å². The Morgan fingerprint density at radius 2 is 1.89 bits per heavy atom. The maximum Gasteiger partial charge on any atom is 0.416 e. The van der Waals surface area contributed by atoms with E-state index in [-0.39, 0.29) is 12.5 Å². The molecule has 0 heterocycles. The molecular formula is C21H22F3NO2. The van der Waals surface area contributed by atoms with E-state index < -0.39 is 17.8 Å². The highest BCUT2D eigenvalue weighted by molar-refractivity contribution is 5.80. The van der Waals surface area contributed by atoms with Crippen LogP contribution in [0.2, 0.25) is 0 Å². The smallest absolute Gasteiger partial charge is 0.416 e. The molecule has 1 N–H and O–H groups in total. The molecule has 0 saturated heterocycles. The number of rotatable bonds is 5. The molecule has 0 fully saturated rings. The summed E-state index contributed by atoms with van der Waals surface area (Å²) in [6.07, 6.45) is -0.924. The van der Waals surface area contributed by atoms with Gasteiger partial charge in [-0.05, 0) is 67.5 Å². The normalized spacial score (nSPS) is 15.0. The number of aryl methyl sites for hydroxylation is 1. The zero-order valence-electron chi connectivity index (χ0n) is 15.1. The van der Waals surface area contributed by atoms with Crippen LogP contribution in [0.5, 0.6) is 5.75 Å². The van der Waals surface area contributed by atoms with Crippen LogP contribution in [-0.2, 0) is 30.4 Å². The predicted molar refractivity (Wildman–Crippen MR) is 96.5 cm³/mol. The number of ether oxygens (including phenoxy) is 1. The van der Waals surface area contributed by atoms with E-state index in [1.807, 2.05) is 12.1 Å². The highest BCUT2D eigenvalue weighted by atomic mass is 19.4. The standard InChI is InChI=1S/C21H22F3NO2/c1-14(27-19-11-5-8-16-7-2-3-10-18(16)19)20(26)25-13-15-6-4-9-17(12-15)21(22,23)24/h4-6,8-9,11-12,14H,2-3,7,10,13H2,1H3,(H,25,26)/t14-/m1/s1. The number of hydrogen-bond acceptors (Lipinski definition) is 2. The van der Waals surface area contributed by atoms with Crippen molar-refractivity contribution in [3.05, 3.63) is 64.7 Å².